The quantitative estimate of drug-likeness (QED) is 0.588. The van der Waals surface area contributed by atoms with Crippen LogP contribution in [0.5, 0.6) is 0 Å². The molecule has 114 valence electrons. The van der Waals surface area contributed by atoms with Gasteiger partial charge in [0.2, 0.25) is 0 Å². The molecular formula is C11H14N4O5S. The van der Waals surface area contributed by atoms with Crippen LogP contribution in [0.1, 0.15) is 16.8 Å². The molecule has 1 unspecified atom stereocenters. The molecule has 2 heterocycles. The van der Waals surface area contributed by atoms with Gasteiger partial charge in [-0.05, 0) is 6.42 Å². The molecule has 2 rings (SSSR count). The molecule has 0 spiro atoms. The lowest BCUT2D eigenvalue weighted by Gasteiger charge is -2.12. The fourth-order valence-corrected chi connectivity index (χ4v) is 3.77. The molecule has 0 aromatic carbocycles. The van der Waals surface area contributed by atoms with Crippen LogP contribution in [0.15, 0.2) is 12.3 Å². The monoisotopic (exact) mass is 314 g/mol. The molecule has 0 radical (unpaired) electrons. The zero-order valence-electron chi connectivity index (χ0n) is 11.2. The Kier molecular flexibility index (Phi) is 4.07. The van der Waals surface area contributed by atoms with Crippen LogP contribution < -0.4 is 10.6 Å². The Balaban J connectivity index is 2.22. The molecule has 1 aliphatic rings. The van der Waals surface area contributed by atoms with E-state index in [0.29, 0.717) is 6.42 Å². The van der Waals surface area contributed by atoms with Crippen molar-refractivity contribution in [2.45, 2.75) is 12.5 Å². The first-order chi connectivity index (χ1) is 9.82. The average molecular weight is 314 g/mol. The molecule has 1 amide bonds. The van der Waals surface area contributed by atoms with Crippen molar-refractivity contribution < 1.29 is 18.1 Å². The number of hydrogen-bond donors (Lipinski definition) is 2. The van der Waals surface area contributed by atoms with Crippen LogP contribution in [0.25, 0.3) is 0 Å². The van der Waals surface area contributed by atoms with E-state index in [4.69, 9.17) is 0 Å². The van der Waals surface area contributed by atoms with Crippen molar-refractivity contribution in [1.29, 1.82) is 0 Å². The molecular weight excluding hydrogens is 300 g/mol. The third-order valence-electron chi connectivity index (χ3n) is 3.13. The van der Waals surface area contributed by atoms with Gasteiger partial charge >= 0.3 is 0 Å². The van der Waals surface area contributed by atoms with Crippen LogP contribution in [0.4, 0.5) is 11.5 Å². The highest BCUT2D eigenvalue weighted by Crippen LogP contribution is 2.20. The molecule has 1 aromatic rings. The SMILES string of the molecule is CNc1ncc([N+](=O)[O-])cc1C(=O)NC1CCS(=O)(=O)C1. The Morgan fingerprint density at radius 3 is 2.76 bits per heavy atom. The molecule has 1 aromatic heterocycles. The number of carbonyl (C=O) groups is 1. The molecule has 0 saturated carbocycles. The number of anilines is 1. The van der Waals surface area contributed by atoms with Gasteiger partial charge in [0.05, 0.1) is 22.0 Å². The van der Waals surface area contributed by atoms with Crippen LogP contribution in [-0.4, -0.2) is 48.8 Å². The molecule has 1 aliphatic heterocycles. The van der Waals surface area contributed by atoms with Crippen molar-refractivity contribution in [3.63, 3.8) is 0 Å². The largest absolute Gasteiger partial charge is 0.372 e. The number of nitrogens with zero attached hydrogens (tertiary/aromatic N) is 2. The van der Waals surface area contributed by atoms with Gasteiger partial charge in [0.1, 0.15) is 12.0 Å². The van der Waals surface area contributed by atoms with Crippen molar-refractivity contribution in [1.82, 2.24) is 10.3 Å². The molecule has 10 heteroatoms. The second-order valence-electron chi connectivity index (χ2n) is 4.67. The van der Waals surface area contributed by atoms with Gasteiger partial charge in [0.25, 0.3) is 11.6 Å². The summed E-state index contributed by atoms with van der Waals surface area (Å²) in [7, 11) is -1.58. The molecule has 2 N–H and O–H groups in total. The van der Waals surface area contributed by atoms with Gasteiger partial charge in [-0.15, -0.1) is 0 Å². The molecule has 9 nitrogen and oxygen atoms in total. The topological polar surface area (TPSA) is 131 Å². The lowest BCUT2D eigenvalue weighted by molar-refractivity contribution is -0.385. The van der Waals surface area contributed by atoms with Gasteiger partial charge in [-0.1, -0.05) is 0 Å². The lowest BCUT2D eigenvalue weighted by atomic mass is 10.2. The predicted molar refractivity (Wildman–Crippen MR) is 75.0 cm³/mol. The average Bonchev–Trinajstić information content (AvgIpc) is 2.76. The second-order valence-corrected chi connectivity index (χ2v) is 6.90. The second kappa shape index (κ2) is 5.64. The van der Waals surface area contributed by atoms with Crippen LogP contribution in [0, 0.1) is 10.1 Å². The van der Waals surface area contributed by atoms with Gasteiger partial charge in [-0.3, -0.25) is 14.9 Å². The first kappa shape index (κ1) is 15.2. The van der Waals surface area contributed by atoms with Crippen molar-refractivity contribution in [2.75, 3.05) is 23.9 Å². The highest BCUT2D eigenvalue weighted by molar-refractivity contribution is 7.91. The van der Waals surface area contributed by atoms with Crippen molar-refractivity contribution in [3.8, 4) is 0 Å². The number of carbonyl (C=O) groups excluding carboxylic acids is 1. The highest BCUT2D eigenvalue weighted by Gasteiger charge is 2.30. The maximum atomic E-state index is 12.2. The molecule has 1 saturated heterocycles. The van der Waals surface area contributed by atoms with E-state index in [-0.39, 0.29) is 28.6 Å². The molecule has 0 bridgehead atoms. The molecule has 0 aliphatic carbocycles. The van der Waals surface area contributed by atoms with Crippen LogP contribution in [-0.2, 0) is 9.84 Å². The number of pyridine rings is 1. The summed E-state index contributed by atoms with van der Waals surface area (Å²) in [6.07, 6.45) is 1.38. The van der Waals surface area contributed by atoms with Crippen molar-refractivity contribution in [3.05, 3.63) is 27.9 Å². The van der Waals surface area contributed by atoms with E-state index in [0.717, 1.165) is 12.3 Å². The van der Waals surface area contributed by atoms with E-state index in [9.17, 15) is 23.3 Å². The van der Waals surface area contributed by atoms with Gasteiger partial charge in [-0.25, -0.2) is 13.4 Å². The summed E-state index contributed by atoms with van der Waals surface area (Å²) < 4.78 is 22.7. The van der Waals surface area contributed by atoms with E-state index in [1.54, 1.807) is 0 Å². The fourth-order valence-electron chi connectivity index (χ4n) is 2.10. The van der Waals surface area contributed by atoms with Gasteiger partial charge in [0, 0.05) is 19.2 Å². The number of amides is 1. The van der Waals surface area contributed by atoms with Gasteiger partial charge in [0.15, 0.2) is 9.84 Å². The van der Waals surface area contributed by atoms with Crippen molar-refractivity contribution in [2.24, 2.45) is 0 Å². The first-order valence-corrected chi connectivity index (χ1v) is 7.98. The Hall–Kier alpha value is -2.23. The van der Waals surface area contributed by atoms with Crippen molar-refractivity contribution >= 4 is 27.2 Å². The van der Waals surface area contributed by atoms with E-state index < -0.39 is 26.7 Å². The minimum Gasteiger partial charge on any atom is -0.372 e. The Morgan fingerprint density at radius 2 is 2.24 bits per heavy atom. The third kappa shape index (κ3) is 3.45. The Morgan fingerprint density at radius 1 is 1.52 bits per heavy atom. The normalized spacial score (nSPS) is 20.0. The van der Waals surface area contributed by atoms with E-state index in [2.05, 4.69) is 15.6 Å². The fraction of sp³-hybridized carbons (Fsp3) is 0.455. The molecule has 21 heavy (non-hydrogen) atoms. The minimum atomic E-state index is -3.11. The Labute approximate surface area is 120 Å². The smallest absolute Gasteiger partial charge is 0.288 e. The number of sulfone groups is 1. The maximum absolute atomic E-state index is 12.2. The van der Waals surface area contributed by atoms with Crippen LogP contribution >= 0.6 is 0 Å². The maximum Gasteiger partial charge on any atom is 0.288 e. The number of rotatable bonds is 4. The third-order valence-corrected chi connectivity index (χ3v) is 4.90. The van der Waals surface area contributed by atoms with Gasteiger partial charge < -0.3 is 10.6 Å². The Bertz CT molecular complexity index is 688. The summed E-state index contributed by atoms with van der Waals surface area (Å²) >= 11 is 0. The summed E-state index contributed by atoms with van der Waals surface area (Å²) in [4.78, 5) is 26.1. The van der Waals surface area contributed by atoms with Crippen LogP contribution in [0.3, 0.4) is 0 Å². The number of aromatic nitrogens is 1. The first-order valence-electron chi connectivity index (χ1n) is 6.16. The van der Waals surface area contributed by atoms with Gasteiger partial charge in [-0.2, -0.15) is 0 Å². The lowest BCUT2D eigenvalue weighted by Crippen LogP contribution is -2.36. The number of hydrogen-bond acceptors (Lipinski definition) is 7. The predicted octanol–water partition coefficient (Wildman–Crippen LogP) is -0.0516. The zero-order valence-corrected chi connectivity index (χ0v) is 12.0. The standard InChI is InChI=1S/C11H14N4O5S/c1-12-10-9(4-8(5-13-10)15(17)18)11(16)14-7-2-3-21(19,20)6-7/h4-5,7H,2-3,6H2,1H3,(H,12,13)(H,14,16). The number of nitrogens with one attached hydrogen (secondary N) is 2. The molecule has 1 fully saturated rings. The summed E-state index contributed by atoms with van der Waals surface area (Å²) in [6.45, 7) is 0. The van der Waals surface area contributed by atoms with Crippen LogP contribution in [0.2, 0.25) is 0 Å². The molecule has 1 atom stereocenters. The van der Waals surface area contributed by atoms with E-state index in [1.165, 1.54) is 7.05 Å². The summed E-state index contributed by atoms with van der Waals surface area (Å²) in [5, 5.41) is 16.0. The summed E-state index contributed by atoms with van der Waals surface area (Å²) in [6, 6.07) is 0.629. The highest BCUT2D eigenvalue weighted by atomic mass is 32.2. The zero-order chi connectivity index (χ0) is 15.6. The van der Waals surface area contributed by atoms with E-state index in [1.807, 2.05) is 0 Å². The summed E-state index contributed by atoms with van der Waals surface area (Å²) in [5.41, 5.74) is -0.297. The van der Waals surface area contributed by atoms with E-state index >= 15 is 0 Å². The number of nitro groups is 1. The summed E-state index contributed by atoms with van der Waals surface area (Å²) in [5.74, 6) is -0.475. The minimum absolute atomic E-state index is 0.0102.